The first kappa shape index (κ1) is 20.6. The minimum atomic E-state index is -0.995. The highest BCUT2D eigenvalue weighted by Gasteiger charge is 2.72. The highest BCUT2D eigenvalue weighted by molar-refractivity contribution is 6.33. The second-order valence-corrected chi connectivity index (χ2v) is 11.6. The van der Waals surface area contributed by atoms with Crippen LogP contribution in [0.3, 0.4) is 0 Å². The number of benzene rings is 2. The molecule has 0 unspecified atom stereocenters. The molecule has 5 nitrogen and oxygen atoms in total. The van der Waals surface area contributed by atoms with Gasteiger partial charge < -0.3 is 14.9 Å². The molecule has 2 bridgehead atoms. The Hall–Kier alpha value is -2.60. The molecule has 2 N–H and O–H groups in total. The van der Waals surface area contributed by atoms with E-state index in [1.807, 2.05) is 36.5 Å². The monoisotopic (exact) mass is 486 g/mol. The standard InChI is InChI=1S/C29H27ClN2O3/c30-21-4-2-1-3-20(21)19-11-18-13-29(34)23-12-17-7-8-22(33)26-24(17)28(29,27(35-26)25(18)31-14-19)9-10-32(23)15-16-5-6-16/h1-4,7-8,11,14,16,23,27,33-34H,5-6,9-10,12-13,15H2/t23-,27-,28-,29+/m0/s1. The number of nitrogens with zero attached hydrogens (tertiary/aromatic N) is 2. The smallest absolute Gasteiger partial charge is 0.166 e. The van der Waals surface area contributed by atoms with Crippen molar-refractivity contribution >= 4 is 11.6 Å². The van der Waals surface area contributed by atoms with E-state index in [2.05, 4.69) is 11.0 Å². The van der Waals surface area contributed by atoms with Crippen LogP contribution in [0.25, 0.3) is 11.1 Å². The SMILES string of the molecule is Oc1ccc2c3c1O[C@H]1c4ncc(-c5ccccc5Cl)cc4C[C@@]4(O)[C@H](C2)N(CC2CC2)CC[C@]314. The number of fused-ring (bicyclic) bond motifs is 2. The molecule has 0 radical (unpaired) electrons. The molecular formula is C29H27ClN2O3. The van der Waals surface area contributed by atoms with Crippen LogP contribution in [-0.2, 0) is 18.3 Å². The van der Waals surface area contributed by atoms with Crippen molar-refractivity contribution in [3.8, 4) is 22.6 Å². The second kappa shape index (κ2) is 6.78. The predicted molar refractivity (Wildman–Crippen MR) is 133 cm³/mol. The Morgan fingerprint density at radius 3 is 2.83 bits per heavy atom. The third kappa shape index (κ3) is 2.54. The Bertz CT molecular complexity index is 1400. The van der Waals surface area contributed by atoms with Crippen LogP contribution in [0.2, 0.25) is 5.02 Å². The third-order valence-corrected chi connectivity index (χ3v) is 9.74. The Kier molecular flexibility index (Phi) is 3.99. The molecule has 3 heterocycles. The van der Waals surface area contributed by atoms with Crippen molar-refractivity contribution in [2.75, 3.05) is 13.1 Å². The van der Waals surface area contributed by atoms with E-state index in [4.69, 9.17) is 21.3 Å². The minimum Gasteiger partial charge on any atom is -0.504 e. The van der Waals surface area contributed by atoms with E-state index in [1.165, 1.54) is 18.4 Å². The van der Waals surface area contributed by atoms with E-state index < -0.39 is 17.1 Å². The predicted octanol–water partition coefficient (Wildman–Crippen LogP) is 4.81. The summed E-state index contributed by atoms with van der Waals surface area (Å²) in [6.07, 6.45) is 6.14. The molecule has 4 atom stereocenters. The first-order valence-corrected chi connectivity index (χ1v) is 13.1. The van der Waals surface area contributed by atoms with Gasteiger partial charge in [-0.25, -0.2) is 0 Å². The largest absolute Gasteiger partial charge is 0.504 e. The van der Waals surface area contributed by atoms with E-state index >= 15 is 0 Å². The molecule has 35 heavy (non-hydrogen) atoms. The van der Waals surface area contributed by atoms with Crippen molar-refractivity contribution in [3.63, 3.8) is 0 Å². The molecule has 0 amide bonds. The lowest BCUT2D eigenvalue weighted by molar-refractivity contribution is -0.173. The van der Waals surface area contributed by atoms with Crippen LogP contribution >= 0.6 is 11.6 Å². The average molecular weight is 487 g/mol. The third-order valence-electron chi connectivity index (χ3n) is 9.41. The van der Waals surface area contributed by atoms with Crippen molar-refractivity contribution in [3.05, 3.63) is 76.1 Å². The zero-order valence-corrected chi connectivity index (χ0v) is 20.1. The van der Waals surface area contributed by atoms with Gasteiger partial charge in [-0.3, -0.25) is 9.88 Å². The number of piperidine rings is 1. The van der Waals surface area contributed by atoms with Gasteiger partial charge in [-0.05, 0) is 67.5 Å². The van der Waals surface area contributed by atoms with Crippen molar-refractivity contribution < 1.29 is 14.9 Å². The number of halogens is 1. The van der Waals surface area contributed by atoms with E-state index in [-0.39, 0.29) is 11.8 Å². The number of hydrogen-bond donors (Lipinski definition) is 2. The summed E-state index contributed by atoms with van der Waals surface area (Å²) in [6, 6.07) is 13.7. The van der Waals surface area contributed by atoms with Crippen molar-refractivity contribution in [2.24, 2.45) is 5.92 Å². The fourth-order valence-corrected chi connectivity index (χ4v) is 7.93. The summed E-state index contributed by atoms with van der Waals surface area (Å²) < 4.78 is 6.58. The zero-order chi connectivity index (χ0) is 23.5. The number of aromatic nitrogens is 1. The average Bonchev–Trinajstić information content (AvgIpc) is 3.59. The van der Waals surface area contributed by atoms with Gasteiger partial charge >= 0.3 is 0 Å². The van der Waals surface area contributed by atoms with Gasteiger partial charge in [-0.2, -0.15) is 0 Å². The van der Waals surface area contributed by atoms with Crippen LogP contribution in [0.5, 0.6) is 11.5 Å². The van der Waals surface area contributed by atoms with E-state index in [9.17, 15) is 10.2 Å². The molecule has 1 saturated heterocycles. The number of phenolic OH excluding ortho intramolecular Hbond substituents is 1. The number of aliphatic hydroxyl groups is 1. The topological polar surface area (TPSA) is 65.8 Å². The summed E-state index contributed by atoms with van der Waals surface area (Å²) >= 11 is 6.51. The van der Waals surface area contributed by atoms with E-state index in [0.717, 1.165) is 59.8 Å². The molecule has 6 heteroatoms. The van der Waals surface area contributed by atoms with Crippen LogP contribution in [0.15, 0.2) is 48.7 Å². The summed E-state index contributed by atoms with van der Waals surface area (Å²) in [5.74, 6) is 1.46. The number of pyridine rings is 1. The molecule has 3 aliphatic carbocycles. The van der Waals surface area contributed by atoms with Gasteiger partial charge in [-0.15, -0.1) is 0 Å². The highest BCUT2D eigenvalue weighted by atomic mass is 35.5. The van der Waals surface area contributed by atoms with Gasteiger partial charge in [0.05, 0.1) is 16.7 Å². The number of ether oxygens (including phenoxy) is 1. The molecular weight excluding hydrogens is 460 g/mol. The number of hydrogen-bond acceptors (Lipinski definition) is 5. The van der Waals surface area contributed by atoms with Crippen LogP contribution < -0.4 is 4.74 Å². The maximum absolute atomic E-state index is 12.8. The first-order valence-electron chi connectivity index (χ1n) is 12.7. The Morgan fingerprint density at radius 1 is 1.14 bits per heavy atom. The molecule has 178 valence electrons. The van der Waals surface area contributed by atoms with Gasteiger partial charge in [0.2, 0.25) is 0 Å². The fraction of sp³-hybridized carbons (Fsp3) is 0.414. The summed E-state index contributed by atoms with van der Waals surface area (Å²) in [5, 5.41) is 24.3. The molecule has 3 aromatic rings. The van der Waals surface area contributed by atoms with Crippen LogP contribution in [0.1, 0.15) is 47.8 Å². The molecule has 1 saturated carbocycles. The Balaban J connectivity index is 1.34. The molecule has 1 aromatic heterocycles. The van der Waals surface area contributed by atoms with Crippen LogP contribution in [-0.4, -0.2) is 44.8 Å². The van der Waals surface area contributed by atoms with E-state index in [1.54, 1.807) is 6.07 Å². The maximum Gasteiger partial charge on any atom is 0.166 e. The Labute approximate surface area is 209 Å². The zero-order valence-electron chi connectivity index (χ0n) is 19.4. The maximum atomic E-state index is 12.8. The second-order valence-electron chi connectivity index (χ2n) is 11.2. The highest BCUT2D eigenvalue weighted by Crippen LogP contribution is 2.68. The number of likely N-dealkylation sites (tertiary alicyclic amines) is 1. The van der Waals surface area contributed by atoms with Crippen molar-refractivity contribution in [1.82, 2.24) is 9.88 Å². The van der Waals surface area contributed by atoms with Gasteiger partial charge in [0.15, 0.2) is 17.6 Å². The molecule has 1 spiro atoms. The Morgan fingerprint density at radius 2 is 2.00 bits per heavy atom. The number of aromatic hydroxyl groups is 1. The quantitative estimate of drug-likeness (QED) is 0.556. The fourth-order valence-electron chi connectivity index (χ4n) is 7.68. The lowest BCUT2D eigenvalue weighted by atomic mass is 9.49. The minimum absolute atomic E-state index is 0.0167. The summed E-state index contributed by atoms with van der Waals surface area (Å²) in [6.45, 7) is 1.99. The normalized spacial score (nSPS) is 32.1. The van der Waals surface area contributed by atoms with E-state index in [0.29, 0.717) is 17.2 Å². The summed E-state index contributed by atoms with van der Waals surface area (Å²) in [4.78, 5) is 7.49. The molecule has 2 aromatic carbocycles. The van der Waals surface area contributed by atoms with Crippen LogP contribution in [0, 0.1) is 5.92 Å². The van der Waals surface area contributed by atoms with Gasteiger partial charge in [0.1, 0.15) is 0 Å². The molecule has 2 aliphatic heterocycles. The lowest BCUT2D eigenvalue weighted by Gasteiger charge is -2.63. The number of phenols is 1. The first-order chi connectivity index (χ1) is 17.0. The summed E-state index contributed by atoms with van der Waals surface area (Å²) in [5.41, 5.74) is 4.41. The molecule has 2 fully saturated rings. The summed E-state index contributed by atoms with van der Waals surface area (Å²) in [7, 11) is 0. The van der Waals surface area contributed by atoms with Crippen molar-refractivity contribution in [2.45, 2.75) is 55.3 Å². The van der Waals surface area contributed by atoms with Crippen molar-refractivity contribution in [1.29, 1.82) is 0 Å². The number of rotatable bonds is 3. The van der Waals surface area contributed by atoms with Gasteiger partial charge in [0.25, 0.3) is 0 Å². The molecule has 5 aliphatic rings. The van der Waals surface area contributed by atoms with Gasteiger partial charge in [-0.1, -0.05) is 35.9 Å². The molecule has 8 rings (SSSR count). The van der Waals surface area contributed by atoms with Crippen LogP contribution in [0.4, 0.5) is 0 Å². The lowest BCUT2D eigenvalue weighted by Crippen LogP contribution is -2.74. The van der Waals surface area contributed by atoms with Gasteiger partial charge in [0, 0.05) is 46.9 Å².